The molecule has 0 bridgehead atoms. The highest BCUT2D eigenvalue weighted by atomic mass is 35.5. The van der Waals surface area contributed by atoms with E-state index in [0.717, 1.165) is 28.4 Å². The molecule has 2 atom stereocenters. The Morgan fingerprint density at radius 3 is 2.95 bits per heavy atom. The van der Waals surface area contributed by atoms with Crippen molar-refractivity contribution in [3.05, 3.63) is 21.4 Å². The largest absolute Gasteiger partial charge is 0.222 e. The van der Waals surface area contributed by atoms with Crippen LogP contribution in [0.5, 0.6) is 0 Å². The van der Waals surface area contributed by atoms with Crippen LogP contribution in [0.15, 0.2) is 0 Å². The average Bonchev–Trinajstić information content (AvgIpc) is 3.12. The summed E-state index contributed by atoms with van der Waals surface area (Å²) < 4.78 is 0. The summed E-state index contributed by atoms with van der Waals surface area (Å²) >= 11 is 8.34. The Hall–Kier alpha value is -0.670. The Labute approximate surface area is 128 Å². The average molecular weight is 307 g/mol. The van der Waals surface area contributed by atoms with Crippen LogP contribution in [-0.4, -0.2) is 9.97 Å². The number of fused-ring (bicyclic) bond motifs is 3. The summed E-state index contributed by atoms with van der Waals surface area (Å²) in [5, 5.41) is 1.85. The summed E-state index contributed by atoms with van der Waals surface area (Å²) in [6, 6.07) is 0. The van der Waals surface area contributed by atoms with Gasteiger partial charge >= 0.3 is 0 Å². The van der Waals surface area contributed by atoms with Crippen LogP contribution >= 0.6 is 22.9 Å². The predicted molar refractivity (Wildman–Crippen MR) is 84.8 cm³/mol. The quantitative estimate of drug-likeness (QED) is 0.719. The van der Waals surface area contributed by atoms with E-state index >= 15 is 0 Å². The summed E-state index contributed by atoms with van der Waals surface area (Å²) in [6.07, 6.45) is 8.67. The number of thiophene rings is 1. The molecule has 2 unspecified atom stereocenters. The van der Waals surface area contributed by atoms with Crippen LogP contribution in [0.4, 0.5) is 0 Å². The predicted octanol–water partition coefficient (Wildman–Crippen LogP) is 5.13. The first-order chi connectivity index (χ1) is 9.76. The lowest BCUT2D eigenvalue weighted by molar-refractivity contribution is 0.517. The number of hydrogen-bond acceptors (Lipinski definition) is 3. The van der Waals surface area contributed by atoms with Crippen molar-refractivity contribution < 1.29 is 0 Å². The van der Waals surface area contributed by atoms with Gasteiger partial charge in [-0.05, 0) is 50.0 Å². The fourth-order valence-corrected chi connectivity index (χ4v) is 5.44. The van der Waals surface area contributed by atoms with Gasteiger partial charge in [0, 0.05) is 10.8 Å². The number of halogens is 1. The maximum Gasteiger partial charge on any atom is 0.141 e. The second kappa shape index (κ2) is 4.96. The molecule has 20 heavy (non-hydrogen) atoms. The maximum absolute atomic E-state index is 6.49. The third-order valence-electron chi connectivity index (χ3n) is 5.02. The fourth-order valence-electron chi connectivity index (χ4n) is 3.83. The van der Waals surface area contributed by atoms with E-state index < -0.39 is 0 Å². The van der Waals surface area contributed by atoms with Gasteiger partial charge in [0.25, 0.3) is 0 Å². The number of hydrogen-bond donors (Lipinski definition) is 0. The summed E-state index contributed by atoms with van der Waals surface area (Å²) in [7, 11) is 0. The van der Waals surface area contributed by atoms with Crippen LogP contribution < -0.4 is 0 Å². The molecule has 2 heterocycles. The zero-order chi connectivity index (χ0) is 13.7. The van der Waals surface area contributed by atoms with Crippen molar-refractivity contribution in [3.63, 3.8) is 0 Å². The topological polar surface area (TPSA) is 25.8 Å². The number of nitrogens with zero attached hydrogens (tertiary/aromatic N) is 2. The maximum atomic E-state index is 6.49. The molecule has 1 fully saturated rings. The fraction of sp³-hybridized carbons (Fsp3) is 0.625. The van der Waals surface area contributed by atoms with Gasteiger partial charge in [-0.25, -0.2) is 9.97 Å². The minimum absolute atomic E-state index is 0.527. The molecule has 0 aliphatic heterocycles. The molecule has 0 saturated heterocycles. The molecule has 2 aromatic heterocycles. The first-order valence-corrected chi connectivity index (χ1v) is 8.93. The second-order valence-electron chi connectivity index (χ2n) is 6.19. The van der Waals surface area contributed by atoms with E-state index in [4.69, 9.17) is 16.6 Å². The van der Waals surface area contributed by atoms with Gasteiger partial charge in [0.15, 0.2) is 0 Å². The van der Waals surface area contributed by atoms with E-state index in [1.807, 2.05) is 11.3 Å². The molecule has 106 valence electrons. The van der Waals surface area contributed by atoms with Gasteiger partial charge in [0.2, 0.25) is 0 Å². The summed E-state index contributed by atoms with van der Waals surface area (Å²) in [4.78, 5) is 12.2. The molecule has 0 aromatic carbocycles. The molecule has 2 aliphatic rings. The molecular weight excluding hydrogens is 288 g/mol. The summed E-state index contributed by atoms with van der Waals surface area (Å²) in [5.74, 6) is 2.38. The number of aryl methyl sites for hydroxylation is 2. The van der Waals surface area contributed by atoms with Crippen molar-refractivity contribution in [3.8, 4) is 0 Å². The van der Waals surface area contributed by atoms with Crippen molar-refractivity contribution in [1.82, 2.24) is 9.97 Å². The van der Waals surface area contributed by atoms with Gasteiger partial charge in [-0.15, -0.1) is 11.3 Å². The van der Waals surface area contributed by atoms with Gasteiger partial charge < -0.3 is 0 Å². The van der Waals surface area contributed by atoms with Crippen molar-refractivity contribution in [2.75, 3.05) is 0 Å². The molecular formula is C16H19ClN2S. The highest BCUT2D eigenvalue weighted by Crippen LogP contribution is 2.42. The highest BCUT2D eigenvalue weighted by molar-refractivity contribution is 7.19. The smallest absolute Gasteiger partial charge is 0.141 e. The lowest BCUT2D eigenvalue weighted by Crippen LogP contribution is -2.02. The first-order valence-electron chi connectivity index (χ1n) is 7.74. The molecule has 0 amide bonds. The normalized spacial score (nSPS) is 25.5. The molecule has 2 aromatic rings. The van der Waals surface area contributed by atoms with Crippen LogP contribution in [0, 0.1) is 5.92 Å². The summed E-state index contributed by atoms with van der Waals surface area (Å²) in [5.41, 5.74) is 1.43. The van der Waals surface area contributed by atoms with E-state index in [2.05, 4.69) is 11.9 Å². The van der Waals surface area contributed by atoms with Gasteiger partial charge in [-0.2, -0.15) is 0 Å². The van der Waals surface area contributed by atoms with E-state index in [9.17, 15) is 0 Å². The number of rotatable bonds is 2. The van der Waals surface area contributed by atoms with Gasteiger partial charge in [0.05, 0.1) is 5.39 Å². The van der Waals surface area contributed by atoms with Crippen LogP contribution in [0.25, 0.3) is 10.2 Å². The molecule has 4 rings (SSSR count). The van der Waals surface area contributed by atoms with Gasteiger partial charge in [-0.1, -0.05) is 24.9 Å². The Morgan fingerprint density at radius 2 is 2.15 bits per heavy atom. The molecule has 0 radical (unpaired) electrons. The van der Waals surface area contributed by atoms with Crippen LogP contribution in [0.1, 0.15) is 61.2 Å². The molecule has 2 aliphatic carbocycles. The monoisotopic (exact) mass is 306 g/mol. The van der Waals surface area contributed by atoms with E-state index in [-0.39, 0.29) is 0 Å². The molecule has 4 heteroatoms. The van der Waals surface area contributed by atoms with E-state index in [0.29, 0.717) is 11.1 Å². The Bertz CT molecular complexity index is 664. The minimum Gasteiger partial charge on any atom is -0.222 e. The Morgan fingerprint density at radius 1 is 1.25 bits per heavy atom. The number of aromatic nitrogens is 2. The molecule has 1 saturated carbocycles. The van der Waals surface area contributed by atoms with Crippen molar-refractivity contribution >= 4 is 33.2 Å². The molecule has 0 N–H and O–H groups in total. The van der Waals surface area contributed by atoms with Crippen LogP contribution in [-0.2, 0) is 12.8 Å². The summed E-state index contributed by atoms with van der Waals surface area (Å²) in [6.45, 7) is 2.29. The standard InChI is InChI=1S/C16H19ClN2S/c1-2-9-6-7-10(8-9)15-18-14(17)13-11-4-3-5-12(11)20-16(13)19-15/h9-10H,2-8H2,1H3. The highest BCUT2D eigenvalue weighted by Gasteiger charge is 2.29. The third-order valence-corrected chi connectivity index (χ3v) is 6.48. The zero-order valence-corrected chi connectivity index (χ0v) is 13.4. The van der Waals surface area contributed by atoms with Crippen molar-refractivity contribution in [2.24, 2.45) is 5.92 Å². The Kier molecular flexibility index (Phi) is 3.23. The SMILES string of the molecule is CCC1CCC(c2nc(Cl)c3c4c(sc3n2)CCC4)C1. The van der Waals surface area contributed by atoms with Crippen molar-refractivity contribution in [2.45, 2.75) is 57.8 Å². The first kappa shape index (κ1) is 13.0. The lowest BCUT2D eigenvalue weighted by atomic mass is 10.0. The van der Waals surface area contributed by atoms with E-state index in [1.54, 1.807) is 0 Å². The zero-order valence-electron chi connectivity index (χ0n) is 11.8. The Balaban J connectivity index is 1.76. The lowest BCUT2D eigenvalue weighted by Gasteiger charge is -2.09. The molecule has 2 nitrogen and oxygen atoms in total. The van der Waals surface area contributed by atoms with Gasteiger partial charge in [-0.3, -0.25) is 0 Å². The van der Waals surface area contributed by atoms with E-state index in [1.165, 1.54) is 49.0 Å². The van der Waals surface area contributed by atoms with Crippen LogP contribution in [0.3, 0.4) is 0 Å². The molecule has 0 spiro atoms. The van der Waals surface area contributed by atoms with Gasteiger partial charge in [0.1, 0.15) is 15.8 Å². The van der Waals surface area contributed by atoms with Crippen molar-refractivity contribution in [1.29, 1.82) is 0 Å². The minimum atomic E-state index is 0.527. The second-order valence-corrected chi connectivity index (χ2v) is 7.64. The van der Waals surface area contributed by atoms with Crippen LogP contribution in [0.2, 0.25) is 5.15 Å². The third kappa shape index (κ3) is 1.98.